The van der Waals surface area contributed by atoms with Gasteiger partial charge >= 0.3 is 0 Å². The van der Waals surface area contributed by atoms with E-state index in [1.807, 2.05) is 12.1 Å². The Labute approximate surface area is 105 Å². The molecule has 0 amide bonds. The van der Waals surface area contributed by atoms with Gasteiger partial charge in [-0.1, -0.05) is 12.1 Å². The Kier molecular flexibility index (Phi) is 4.22. The summed E-state index contributed by atoms with van der Waals surface area (Å²) in [5, 5.41) is 17.8. The fourth-order valence-corrected chi connectivity index (χ4v) is 1.49. The molecule has 18 heavy (non-hydrogen) atoms. The lowest BCUT2D eigenvalue weighted by molar-refractivity contribution is 0.274. The van der Waals surface area contributed by atoms with Crippen LogP contribution in [-0.4, -0.2) is 26.8 Å². The summed E-state index contributed by atoms with van der Waals surface area (Å²) in [6.45, 7) is -0.0378. The van der Waals surface area contributed by atoms with E-state index in [1.54, 1.807) is 12.1 Å². The van der Waals surface area contributed by atoms with Gasteiger partial charge in [0.2, 0.25) is 5.88 Å². The number of rotatable bonds is 5. The van der Waals surface area contributed by atoms with Crippen molar-refractivity contribution in [2.75, 3.05) is 6.61 Å². The van der Waals surface area contributed by atoms with Crippen molar-refractivity contribution in [1.82, 2.24) is 9.97 Å². The van der Waals surface area contributed by atoms with E-state index in [2.05, 4.69) is 9.97 Å². The van der Waals surface area contributed by atoms with Crippen LogP contribution in [0, 0.1) is 0 Å². The van der Waals surface area contributed by atoms with Gasteiger partial charge in [0.15, 0.2) is 0 Å². The summed E-state index contributed by atoms with van der Waals surface area (Å²) in [5.74, 6) is 0.984. The van der Waals surface area contributed by atoms with Crippen LogP contribution < -0.4 is 4.74 Å². The van der Waals surface area contributed by atoms with Crippen molar-refractivity contribution in [1.29, 1.82) is 0 Å². The molecule has 0 saturated heterocycles. The van der Waals surface area contributed by atoms with Gasteiger partial charge in [-0.2, -0.15) is 0 Å². The molecular formula is C13H14N2O3. The van der Waals surface area contributed by atoms with Crippen LogP contribution in [0.3, 0.4) is 0 Å². The van der Waals surface area contributed by atoms with Gasteiger partial charge in [-0.3, -0.25) is 4.98 Å². The maximum atomic E-state index is 8.94. The maximum absolute atomic E-state index is 8.94. The molecule has 0 fully saturated rings. The average Bonchev–Trinajstić information content (AvgIpc) is 2.42. The monoisotopic (exact) mass is 246 g/mol. The number of hydrogen-bond acceptors (Lipinski definition) is 5. The van der Waals surface area contributed by atoms with E-state index in [0.29, 0.717) is 23.7 Å². The summed E-state index contributed by atoms with van der Waals surface area (Å²) in [5.41, 5.74) is 1.50. The zero-order valence-electron chi connectivity index (χ0n) is 9.78. The highest BCUT2D eigenvalue weighted by atomic mass is 16.5. The van der Waals surface area contributed by atoms with Crippen LogP contribution in [0.15, 0.2) is 36.7 Å². The van der Waals surface area contributed by atoms with Crippen LogP contribution >= 0.6 is 0 Å². The smallest absolute Gasteiger partial charge is 0.238 e. The SMILES string of the molecule is OCCc1ccc(Oc2cncc(CO)n2)cc1. The van der Waals surface area contributed by atoms with E-state index in [0.717, 1.165) is 5.56 Å². The van der Waals surface area contributed by atoms with E-state index >= 15 is 0 Å². The molecular weight excluding hydrogens is 232 g/mol. The first kappa shape index (κ1) is 12.5. The van der Waals surface area contributed by atoms with Gasteiger partial charge in [0, 0.05) is 6.61 Å². The predicted octanol–water partition coefficient (Wildman–Crippen LogP) is 1.30. The van der Waals surface area contributed by atoms with Crippen molar-refractivity contribution in [3.63, 3.8) is 0 Å². The van der Waals surface area contributed by atoms with Gasteiger partial charge in [-0.05, 0) is 24.1 Å². The van der Waals surface area contributed by atoms with Crippen molar-refractivity contribution in [2.24, 2.45) is 0 Å². The van der Waals surface area contributed by atoms with Crippen molar-refractivity contribution in [3.8, 4) is 11.6 Å². The lowest BCUT2D eigenvalue weighted by Gasteiger charge is -2.06. The molecule has 0 aliphatic carbocycles. The van der Waals surface area contributed by atoms with Gasteiger partial charge in [0.05, 0.1) is 24.7 Å². The summed E-state index contributed by atoms with van der Waals surface area (Å²) in [7, 11) is 0. The lowest BCUT2D eigenvalue weighted by atomic mass is 10.1. The van der Waals surface area contributed by atoms with E-state index in [4.69, 9.17) is 14.9 Å². The molecule has 5 heteroatoms. The number of benzene rings is 1. The molecule has 1 aromatic carbocycles. The Morgan fingerprint density at radius 1 is 1.06 bits per heavy atom. The Hall–Kier alpha value is -1.98. The Morgan fingerprint density at radius 3 is 2.50 bits per heavy atom. The zero-order valence-corrected chi connectivity index (χ0v) is 9.78. The third kappa shape index (κ3) is 3.26. The molecule has 2 N–H and O–H groups in total. The van der Waals surface area contributed by atoms with Gasteiger partial charge < -0.3 is 14.9 Å². The van der Waals surface area contributed by atoms with Crippen LogP contribution in [0.2, 0.25) is 0 Å². The van der Waals surface area contributed by atoms with Gasteiger partial charge in [-0.25, -0.2) is 4.98 Å². The molecule has 2 aromatic rings. The molecule has 1 heterocycles. The van der Waals surface area contributed by atoms with Crippen LogP contribution in [0.1, 0.15) is 11.3 Å². The first-order chi connectivity index (χ1) is 8.81. The zero-order chi connectivity index (χ0) is 12.8. The summed E-state index contributed by atoms with van der Waals surface area (Å²) in [4.78, 5) is 7.99. The number of hydrogen-bond donors (Lipinski definition) is 2. The van der Waals surface area contributed by atoms with E-state index in [1.165, 1.54) is 12.4 Å². The standard InChI is InChI=1S/C13H14N2O3/c16-6-5-10-1-3-12(4-2-10)18-13-8-14-7-11(9-17)15-13/h1-4,7-8,16-17H,5-6,9H2. The number of aromatic nitrogens is 2. The van der Waals surface area contributed by atoms with E-state index in [-0.39, 0.29) is 13.2 Å². The predicted molar refractivity (Wildman–Crippen MR) is 65.3 cm³/mol. The Balaban J connectivity index is 2.08. The molecule has 0 spiro atoms. The Bertz CT molecular complexity index is 500. The first-order valence-corrected chi connectivity index (χ1v) is 5.61. The third-order valence-corrected chi connectivity index (χ3v) is 2.37. The number of aliphatic hydroxyl groups excluding tert-OH is 2. The molecule has 5 nitrogen and oxygen atoms in total. The maximum Gasteiger partial charge on any atom is 0.238 e. The Morgan fingerprint density at radius 2 is 1.83 bits per heavy atom. The second-order valence-electron chi connectivity index (χ2n) is 3.73. The summed E-state index contributed by atoms with van der Waals surface area (Å²) < 4.78 is 5.51. The van der Waals surface area contributed by atoms with Crippen molar-refractivity contribution in [3.05, 3.63) is 47.9 Å². The normalized spacial score (nSPS) is 10.3. The highest BCUT2D eigenvalue weighted by Gasteiger charge is 2.01. The average molecular weight is 246 g/mol. The molecule has 0 saturated carbocycles. The molecule has 0 unspecified atom stereocenters. The van der Waals surface area contributed by atoms with Crippen LogP contribution in [-0.2, 0) is 13.0 Å². The highest BCUT2D eigenvalue weighted by Crippen LogP contribution is 2.19. The number of ether oxygens (including phenoxy) is 1. The first-order valence-electron chi connectivity index (χ1n) is 5.61. The van der Waals surface area contributed by atoms with Crippen molar-refractivity contribution < 1.29 is 14.9 Å². The van der Waals surface area contributed by atoms with E-state index < -0.39 is 0 Å². The fraction of sp³-hybridized carbons (Fsp3) is 0.231. The summed E-state index contributed by atoms with van der Waals surface area (Å²) in [6, 6.07) is 7.38. The molecule has 0 aliphatic rings. The van der Waals surface area contributed by atoms with E-state index in [9.17, 15) is 0 Å². The van der Waals surface area contributed by atoms with Gasteiger partial charge in [-0.15, -0.1) is 0 Å². The lowest BCUT2D eigenvalue weighted by Crippen LogP contribution is -1.95. The summed E-state index contributed by atoms with van der Waals surface area (Å²) >= 11 is 0. The topological polar surface area (TPSA) is 75.5 Å². The molecule has 0 atom stereocenters. The summed E-state index contributed by atoms with van der Waals surface area (Å²) in [6.07, 6.45) is 3.60. The van der Waals surface area contributed by atoms with Gasteiger partial charge in [0.1, 0.15) is 5.75 Å². The molecule has 0 aliphatic heterocycles. The number of nitrogens with zero attached hydrogens (tertiary/aromatic N) is 2. The molecule has 1 aromatic heterocycles. The van der Waals surface area contributed by atoms with Crippen LogP contribution in [0.5, 0.6) is 11.6 Å². The minimum absolute atomic E-state index is 0.129. The van der Waals surface area contributed by atoms with Crippen LogP contribution in [0.4, 0.5) is 0 Å². The minimum Gasteiger partial charge on any atom is -0.437 e. The molecule has 0 bridgehead atoms. The van der Waals surface area contributed by atoms with Crippen molar-refractivity contribution >= 4 is 0 Å². The van der Waals surface area contributed by atoms with Gasteiger partial charge in [0.25, 0.3) is 0 Å². The fourth-order valence-electron chi connectivity index (χ4n) is 1.49. The minimum atomic E-state index is -0.167. The molecule has 94 valence electrons. The second kappa shape index (κ2) is 6.09. The quantitative estimate of drug-likeness (QED) is 0.831. The van der Waals surface area contributed by atoms with Crippen molar-refractivity contribution in [2.45, 2.75) is 13.0 Å². The third-order valence-electron chi connectivity index (χ3n) is 2.37. The largest absolute Gasteiger partial charge is 0.437 e. The highest BCUT2D eigenvalue weighted by molar-refractivity contribution is 5.30. The number of aliphatic hydroxyl groups is 2. The molecule has 0 radical (unpaired) electrons. The van der Waals surface area contributed by atoms with Crippen LogP contribution in [0.25, 0.3) is 0 Å². The molecule has 2 rings (SSSR count). The second-order valence-corrected chi connectivity index (χ2v) is 3.73.